The molecule has 6 nitrogen and oxygen atoms in total. The summed E-state index contributed by atoms with van der Waals surface area (Å²) in [6.45, 7) is 6.41. The van der Waals surface area contributed by atoms with Gasteiger partial charge >= 0.3 is 6.09 Å². The van der Waals surface area contributed by atoms with Gasteiger partial charge in [0.25, 0.3) is 0 Å². The normalized spacial score (nSPS) is 23.4. The molecule has 0 saturated carbocycles. The lowest BCUT2D eigenvalue weighted by atomic mass is 9.66. The average Bonchev–Trinajstić information content (AvgIpc) is 2.56. The van der Waals surface area contributed by atoms with Crippen LogP contribution in [0.3, 0.4) is 0 Å². The van der Waals surface area contributed by atoms with Crippen molar-refractivity contribution in [3.05, 3.63) is 34.9 Å². The summed E-state index contributed by atoms with van der Waals surface area (Å²) < 4.78 is 0. The van der Waals surface area contributed by atoms with Crippen LogP contribution in [0.25, 0.3) is 0 Å². The van der Waals surface area contributed by atoms with Crippen molar-refractivity contribution in [2.45, 2.75) is 45.3 Å². The number of likely N-dealkylation sites (tertiary alicyclic amines) is 1. The van der Waals surface area contributed by atoms with Gasteiger partial charge in [-0.05, 0) is 31.0 Å². The highest BCUT2D eigenvalue weighted by molar-refractivity contribution is 6.30. The zero-order valence-corrected chi connectivity index (χ0v) is 16.5. The molecule has 26 heavy (non-hydrogen) atoms. The van der Waals surface area contributed by atoms with E-state index in [4.69, 9.17) is 16.7 Å². The van der Waals surface area contributed by atoms with E-state index in [9.17, 15) is 14.7 Å². The Bertz CT molecular complexity index is 677. The zero-order valence-electron chi connectivity index (χ0n) is 15.7. The smallest absolute Gasteiger partial charge is 0.407 e. The molecule has 7 heteroatoms. The Labute approximate surface area is 159 Å². The van der Waals surface area contributed by atoms with Gasteiger partial charge in [0.2, 0.25) is 5.91 Å². The van der Waals surface area contributed by atoms with E-state index in [1.807, 2.05) is 26.0 Å². The lowest BCUT2D eigenvalue weighted by Crippen LogP contribution is -2.57. The van der Waals surface area contributed by atoms with Crippen molar-refractivity contribution in [3.63, 3.8) is 0 Å². The fourth-order valence-electron chi connectivity index (χ4n) is 3.50. The number of aliphatic hydroxyl groups is 1. The van der Waals surface area contributed by atoms with Crippen molar-refractivity contribution < 1.29 is 19.8 Å². The first-order chi connectivity index (χ1) is 12.0. The van der Waals surface area contributed by atoms with Crippen LogP contribution in [0.2, 0.25) is 5.02 Å². The van der Waals surface area contributed by atoms with Gasteiger partial charge in [-0.3, -0.25) is 4.79 Å². The number of nitrogens with zero attached hydrogens (tertiary/aromatic N) is 2. The van der Waals surface area contributed by atoms with Gasteiger partial charge in [-0.25, -0.2) is 4.79 Å². The number of rotatable bonds is 4. The van der Waals surface area contributed by atoms with Crippen LogP contribution in [-0.4, -0.2) is 58.2 Å². The van der Waals surface area contributed by atoms with Crippen LogP contribution >= 0.6 is 11.6 Å². The molecule has 2 amide bonds. The van der Waals surface area contributed by atoms with E-state index in [0.29, 0.717) is 24.5 Å². The quantitative estimate of drug-likeness (QED) is 0.838. The molecule has 0 radical (unpaired) electrons. The minimum atomic E-state index is -1.06. The summed E-state index contributed by atoms with van der Waals surface area (Å²) in [4.78, 5) is 26.5. The fraction of sp³-hybridized carbons (Fsp3) is 0.579. The highest BCUT2D eigenvalue weighted by Crippen LogP contribution is 2.46. The van der Waals surface area contributed by atoms with Crippen molar-refractivity contribution in [2.75, 3.05) is 20.1 Å². The van der Waals surface area contributed by atoms with Crippen LogP contribution in [0.4, 0.5) is 4.79 Å². The summed E-state index contributed by atoms with van der Waals surface area (Å²) in [6, 6.07) is 6.76. The molecule has 1 aromatic rings. The van der Waals surface area contributed by atoms with Gasteiger partial charge in [-0.1, -0.05) is 37.6 Å². The number of amides is 2. The van der Waals surface area contributed by atoms with E-state index in [1.165, 1.54) is 7.05 Å². The second kappa shape index (κ2) is 7.45. The second-order valence-electron chi connectivity index (χ2n) is 7.76. The first-order valence-electron chi connectivity index (χ1n) is 8.70. The molecular formula is C19H27ClN2O4. The lowest BCUT2D eigenvalue weighted by Gasteiger charge is -2.50. The summed E-state index contributed by atoms with van der Waals surface area (Å²) in [5.41, 5.74) is -0.827. The molecule has 1 saturated heterocycles. The number of benzene rings is 1. The van der Waals surface area contributed by atoms with Gasteiger partial charge in [0.1, 0.15) is 0 Å². The molecule has 1 aromatic carbocycles. The molecule has 0 aromatic heterocycles. The predicted octanol–water partition coefficient (Wildman–Crippen LogP) is 3.17. The minimum absolute atomic E-state index is 0.100. The molecule has 2 atom stereocenters. The number of carbonyl (C=O) groups is 2. The third-order valence-corrected chi connectivity index (χ3v) is 5.81. The Morgan fingerprint density at radius 2 is 1.88 bits per heavy atom. The Morgan fingerprint density at radius 1 is 1.31 bits per heavy atom. The summed E-state index contributed by atoms with van der Waals surface area (Å²) in [7, 11) is 1.46. The van der Waals surface area contributed by atoms with E-state index in [-0.39, 0.29) is 12.3 Å². The van der Waals surface area contributed by atoms with Crippen molar-refractivity contribution in [2.24, 2.45) is 5.41 Å². The van der Waals surface area contributed by atoms with Gasteiger partial charge in [0, 0.05) is 43.0 Å². The van der Waals surface area contributed by atoms with Crippen LogP contribution < -0.4 is 0 Å². The van der Waals surface area contributed by atoms with Crippen molar-refractivity contribution in [1.29, 1.82) is 0 Å². The lowest BCUT2D eigenvalue weighted by molar-refractivity contribution is -0.153. The van der Waals surface area contributed by atoms with E-state index in [0.717, 1.165) is 10.5 Å². The minimum Gasteiger partial charge on any atom is -0.465 e. The molecule has 2 rings (SSSR count). The number of carboxylic acid groups (broad SMARTS) is 1. The molecule has 1 heterocycles. The molecule has 2 unspecified atom stereocenters. The summed E-state index contributed by atoms with van der Waals surface area (Å²) in [5.74, 6) is -0.100. The van der Waals surface area contributed by atoms with Gasteiger partial charge < -0.3 is 20.0 Å². The van der Waals surface area contributed by atoms with Crippen molar-refractivity contribution in [3.8, 4) is 0 Å². The topological polar surface area (TPSA) is 81.1 Å². The molecule has 2 N–H and O–H groups in total. The van der Waals surface area contributed by atoms with Gasteiger partial charge in [0.05, 0.1) is 5.60 Å². The van der Waals surface area contributed by atoms with E-state index in [1.54, 1.807) is 24.0 Å². The maximum Gasteiger partial charge on any atom is 0.407 e. The monoisotopic (exact) mass is 382 g/mol. The molecular weight excluding hydrogens is 356 g/mol. The fourth-order valence-corrected chi connectivity index (χ4v) is 3.63. The molecule has 1 fully saturated rings. The Kier molecular flexibility index (Phi) is 5.88. The van der Waals surface area contributed by atoms with Crippen LogP contribution in [0.5, 0.6) is 0 Å². The highest BCUT2D eigenvalue weighted by Gasteiger charge is 2.49. The van der Waals surface area contributed by atoms with Crippen molar-refractivity contribution in [1.82, 2.24) is 9.80 Å². The van der Waals surface area contributed by atoms with E-state index < -0.39 is 23.2 Å². The summed E-state index contributed by atoms with van der Waals surface area (Å²) >= 11 is 5.95. The third-order valence-electron chi connectivity index (χ3n) is 5.56. The summed E-state index contributed by atoms with van der Waals surface area (Å²) in [6.07, 6.45) is -0.518. The van der Waals surface area contributed by atoms with Crippen LogP contribution in [0.15, 0.2) is 24.3 Å². The Balaban J connectivity index is 2.11. The first-order valence-corrected chi connectivity index (χ1v) is 9.08. The van der Waals surface area contributed by atoms with Crippen LogP contribution in [0, 0.1) is 5.41 Å². The van der Waals surface area contributed by atoms with Crippen LogP contribution in [0.1, 0.15) is 39.2 Å². The largest absolute Gasteiger partial charge is 0.465 e. The molecule has 144 valence electrons. The standard InChI is InChI=1S/C19H27ClN2O4/c1-13(21(4)17(24)25)11-16(23)22-10-9-19(26,18(2,3)12-22)14-5-7-15(20)8-6-14/h5-8,13,26H,9-12H2,1-4H3,(H,24,25). The van der Waals surface area contributed by atoms with E-state index in [2.05, 4.69) is 0 Å². The number of hydrogen-bond acceptors (Lipinski definition) is 3. The third kappa shape index (κ3) is 3.96. The number of hydrogen-bond donors (Lipinski definition) is 2. The maximum absolute atomic E-state index is 12.6. The zero-order chi connectivity index (χ0) is 19.7. The predicted molar refractivity (Wildman–Crippen MR) is 100 cm³/mol. The molecule has 1 aliphatic heterocycles. The SMILES string of the molecule is CC(CC(=O)N1CCC(O)(c2ccc(Cl)cc2)C(C)(C)C1)N(C)C(=O)O. The Morgan fingerprint density at radius 3 is 2.38 bits per heavy atom. The highest BCUT2D eigenvalue weighted by atomic mass is 35.5. The molecule has 1 aliphatic rings. The first kappa shape index (κ1) is 20.5. The van der Waals surface area contributed by atoms with Gasteiger partial charge in [0.15, 0.2) is 0 Å². The van der Waals surface area contributed by atoms with Crippen molar-refractivity contribution >= 4 is 23.6 Å². The molecule has 0 spiro atoms. The summed E-state index contributed by atoms with van der Waals surface area (Å²) in [5, 5.41) is 21.0. The number of piperidine rings is 1. The maximum atomic E-state index is 12.6. The average molecular weight is 383 g/mol. The second-order valence-corrected chi connectivity index (χ2v) is 8.20. The molecule has 0 aliphatic carbocycles. The van der Waals surface area contributed by atoms with E-state index >= 15 is 0 Å². The van der Waals surface area contributed by atoms with Gasteiger partial charge in [-0.2, -0.15) is 0 Å². The number of halogens is 1. The van der Waals surface area contributed by atoms with Gasteiger partial charge in [-0.15, -0.1) is 0 Å². The van der Waals surface area contributed by atoms with Crippen LogP contribution in [-0.2, 0) is 10.4 Å². The number of carbonyl (C=O) groups excluding carboxylic acids is 1. The Hall–Kier alpha value is -1.79. The molecule has 0 bridgehead atoms.